The van der Waals surface area contributed by atoms with Crippen LogP contribution in [0.2, 0.25) is 0 Å². The molecule has 0 saturated heterocycles. The summed E-state index contributed by atoms with van der Waals surface area (Å²) in [5.41, 5.74) is 7.72. The smallest absolute Gasteiger partial charge is 0.233 e. The number of aryl methyl sites for hydroxylation is 1. The molecule has 0 aliphatic heterocycles. The van der Waals surface area contributed by atoms with Gasteiger partial charge in [-0.15, -0.1) is 18.3 Å². The maximum atomic E-state index is 11.7. The first-order chi connectivity index (χ1) is 8.04. The number of hydrogen-bond acceptors (Lipinski definition) is 3. The minimum Gasteiger partial charge on any atom is -0.398 e. The molecule has 1 atom stereocenters. The Labute approximate surface area is 106 Å². The Bertz CT molecular complexity index is 418. The van der Waals surface area contributed by atoms with Crippen LogP contribution in [0.5, 0.6) is 0 Å². The van der Waals surface area contributed by atoms with Gasteiger partial charge in [-0.3, -0.25) is 4.79 Å². The third-order valence-corrected chi connectivity index (χ3v) is 3.44. The fourth-order valence-corrected chi connectivity index (χ4v) is 2.33. The molecule has 1 unspecified atom stereocenters. The zero-order chi connectivity index (χ0) is 12.8. The Hall–Kier alpha value is -1.42. The van der Waals surface area contributed by atoms with Crippen molar-refractivity contribution in [1.29, 1.82) is 0 Å². The maximum Gasteiger partial charge on any atom is 0.233 e. The molecule has 0 aromatic heterocycles. The van der Waals surface area contributed by atoms with Crippen molar-refractivity contribution < 1.29 is 4.79 Å². The maximum absolute atomic E-state index is 11.7. The molecule has 0 aliphatic rings. The molecule has 3 nitrogen and oxygen atoms in total. The number of nitrogen functional groups attached to an aromatic ring is 1. The van der Waals surface area contributed by atoms with E-state index >= 15 is 0 Å². The van der Waals surface area contributed by atoms with Gasteiger partial charge in [0.1, 0.15) is 0 Å². The number of carbonyl (C=O) groups excluding carboxylic acids is 1. The molecule has 1 rings (SSSR count). The van der Waals surface area contributed by atoms with E-state index in [2.05, 4.69) is 11.9 Å². The van der Waals surface area contributed by atoms with Crippen molar-refractivity contribution >= 4 is 23.4 Å². The number of hydrogen-bond donors (Lipinski definition) is 2. The standard InChI is InChI=1S/C13H18N2OS/c1-4-7-15-13(16)10(3)17-12-8-9(2)5-6-11(12)14/h4-6,8,10H,1,7,14H2,2-3H3,(H,15,16). The van der Waals surface area contributed by atoms with Crippen LogP contribution in [0.25, 0.3) is 0 Å². The van der Waals surface area contributed by atoms with Crippen LogP contribution in [0.3, 0.4) is 0 Å². The minimum atomic E-state index is -0.168. The van der Waals surface area contributed by atoms with Crippen LogP contribution < -0.4 is 11.1 Å². The van der Waals surface area contributed by atoms with Gasteiger partial charge in [-0.05, 0) is 31.5 Å². The lowest BCUT2D eigenvalue weighted by Gasteiger charge is -2.12. The van der Waals surface area contributed by atoms with Gasteiger partial charge in [-0.1, -0.05) is 12.1 Å². The zero-order valence-corrected chi connectivity index (χ0v) is 11.0. The predicted octanol–water partition coefficient (Wildman–Crippen LogP) is 2.36. The van der Waals surface area contributed by atoms with Crippen molar-refractivity contribution in [3.05, 3.63) is 36.4 Å². The monoisotopic (exact) mass is 250 g/mol. The normalized spacial score (nSPS) is 11.9. The Morgan fingerprint density at radius 3 is 3.00 bits per heavy atom. The highest BCUT2D eigenvalue weighted by atomic mass is 32.2. The summed E-state index contributed by atoms with van der Waals surface area (Å²) in [6.07, 6.45) is 1.66. The SMILES string of the molecule is C=CCNC(=O)C(C)Sc1cc(C)ccc1N. The van der Waals surface area contributed by atoms with Crippen LogP contribution in [0.1, 0.15) is 12.5 Å². The molecular weight excluding hydrogens is 232 g/mol. The minimum absolute atomic E-state index is 0.00388. The topological polar surface area (TPSA) is 55.1 Å². The number of benzene rings is 1. The Kier molecular flexibility index (Phi) is 5.10. The van der Waals surface area contributed by atoms with Crippen LogP contribution in [0.4, 0.5) is 5.69 Å². The van der Waals surface area contributed by atoms with Gasteiger partial charge in [-0.2, -0.15) is 0 Å². The molecule has 1 amide bonds. The number of anilines is 1. The van der Waals surface area contributed by atoms with Crippen molar-refractivity contribution in [3.63, 3.8) is 0 Å². The van der Waals surface area contributed by atoms with Crippen molar-refractivity contribution in [2.24, 2.45) is 0 Å². The van der Waals surface area contributed by atoms with Crippen molar-refractivity contribution in [2.75, 3.05) is 12.3 Å². The number of thioether (sulfide) groups is 1. The predicted molar refractivity (Wildman–Crippen MR) is 74.1 cm³/mol. The first-order valence-electron chi connectivity index (χ1n) is 5.46. The van der Waals surface area contributed by atoms with Crippen LogP contribution in [0, 0.1) is 6.92 Å². The lowest BCUT2D eigenvalue weighted by Crippen LogP contribution is -2.30. The summed E-state index contributed by atoms with van der Waals surface area (Å²) in [4.78, 5) is 12.6. The summed E-state index contributed by atoms with van der Waals surface area (Å²) in [6.45, 7) is 7.93. The Balaban J connectivity index is 2.66. The Morgan fingerprint density at radius 2 is 2.35 bits per heavy atom. The van der Waals surface area contributed by atoms with Gasteiger partial charge in [0.15, 0.2) is 0 Å². The van der Waals surface area contributed by atoms with E-state index in [0.29, 0.717) is 12.2 Å². The van der Waals surface area contributed by atoms with E-state index in [-0.39, 0.29) is 11.2 Å². The second-order valence-electron chi connectivity index (χ2n) is 3.84. The van der Waals surface area contributed by atoms with Crippen molar-refractivity contribution in [3.8, 4) is 0 Å². The summed E-state index contributed by atoms with van der Waals surface area (Å²) in [6, 6.07) is 5.82. The van der Waals surface area contributed by atoms with Crippen LogP contribution >= 0.6 is 11.8 Å². The van der Waals surface area contributed by atoms with Crippen LogP contribution in [0.15, 0.2) is 35.7 Å². The quantitative estimate of drug-likeness (QED) is 0.479. The van der Waals surface area contributed by atoms with Crippen LogP contribution in [-0.4, -0.2) is 17.7 Å². The van der Waals surface area contributed by atoms with Gasteiger partial charge < -0.3 is 11.1 Å². The molecule has 0 spiro atoms. The van der Waals surface area contributed by atoms with E-state index < -0.39 is 0 Å². The summed E-state index contributed by atoms with van der Waals surface area (Å²) in [7, 11) is 0. The largest absolute Gasteiger partial charge is 0.398 e. The van der Waals surface area contributed by atoms with Gasteiger partial charge in [0.25, 0.3) is 0 Å². The summed E-state index contributed by atoms with van der Waals surface area (Å²) < 4.78 is 0. The van der Waals surface area contributed by atoms with Gasteiger partial charge >= 0.3 is 0 Å². The number of amides is 1. The van der Waals surface area contributed by atoms with E-state index in [0.717, 1.165) is 10.5 Å². The summed E-state index contributed by atoms with van der Waals surface area (Å²) in [5.74, 6) is -0.00388. The molecule has 0 radical (unpaired) electrons. The van der Waals surface area contributed by atoms with Gasteiger partial charge in [0.05, 0.1) is 5.25 Å². The van der Waals surface area contributed by atoms with E-state index in [4.69, 9.17) is 5.73 Å². The molecule has 4 heteroatoms. The van der Waals surface area contributed by atoms with Crippen LogP contribution in [-0.2, 0) is 4.79 Å². The molecule has 0 saturated carbocycles. The number of nitrogens with one attached hydrogen (secondary N) is 1. The van der Waals surface area contributed by atoms with E-state index in [1.807, 2.05) is 32.0 Å². The lowest BCUT2D eigenvalue weighted by atomic mass is 10.2. The third kappa shape index (κ3) is 4.15. The fourth-order valence-electron chi connectivity index (χ4n) is 1.30. The number of carbonyl (C=O) groups is 1. The molecule has 0 heterocycles. The van der Waals surface area contributed by atoms with Crippen molar-refractivity contribution in [2.45, 2.75) is 24.0 Å². The highest BCUT2D eigenvalue weighted by Crippen LogP contribution is 2.29. The molecule has 0 fully saturated rings. The highest BCUT2D eigenvalue weighted by molar-refractivity contribution is 8.00. The molecule has 92 valence electrons. The molecule has 0 bridgehead atoms. The second-order valence-corrected chi connectivity index (χ2v) is 5.22. The highest BCUT2D eigenvalue weighted by Gasteiger charge is 2.14. The number of nitrogens with two attached hydrogens (primary N) is 1. The lowest BCUT2D eigenvalue weighted by molar-refractivity contribution is -0.120. The van der Waals surface area contributed by atoms with Gasteiger partial charge in [0, 0.05) is 17.1 Å². The van der Waals surface area contributed by atoms with E-state index in [1.165, 1.54) is 11.8 Å². The average Bonchev–Trinajstić information content (AvgIpc) is 2.30. The molecular formula is C13H18N2OS. The molecule has 1 aromatic rings. The Morgan fingerprint density at radius 1 is 1.65 bits per heavy atom. The van der Waals surface area contributed by atoms with Gasteiger partial charge in [-0.25, -0.2) is 0 Å². The summed E-state index contributed by atoms with van der Waals surface area (Å²) in [5, 5.41) is 2.60. The average molecular weight is 250 g/mol. The fraction of sp³-hybridized carbons (Fsp3) is 0.308. The van der Waals surface area contributed by atoms with E-state index in [9.17, 15) is 4.79 Å². The molecule has 0 aliphatic carbocycles. The van der Waals surface area contributed by atoms with E-state index in [1.54, 1.807) is 6.08 Å². The first-order valence-corrected chi connectivity index (χ1v) is 6.34. The summed E-state index contributed by atoms with van der Waals surface area (Å²) >= 11 is 1.47. The zero-order valence-electron chi connectivity index (χ0n) is 10.2. The first kappa shape index (κ1) is 13.6. The van der Waals surface area contributed by atoms with Crippen molar-refractivity contribution in [1.82, 2.24) is 5.32 Å². The van der Waals surface area contributed by atoms with Gasteiger partial charge in [0.2, 0.25) is 5.91 Å². The second kappa shape index (κ2) is 6.35. The number of rotatable bonds is 5. The third-order valence-electron chi connectivity index (χ3n) is 2.26. The molecule has 3 N–H and O–H groups in total. The molecule has 17 heavy (non-hydrogen) atoms. The molecule has 1 aromatic carbocycles.